The van der Waals surface area contributed by atoms with Gasteiger partial charge in [-0.15, -0.1) is 0 Å². The minimum atomic E-state index is -0.107. The molecule has 0 aromatic heterocycles. The van der Waals surface area contributed by atoms with Gasteiger partial charge in [-0.2, -0.15) is 0 Å². The van der Waals surface area contributed by atoms with E-state index >= 15 is 0 Å². The van der Waals surface area contributed by atoms with Gasteiger partial charge in [-0.25, -0.2) is 0 Å². The minimum Gasteiger partial charge on any atom is -0.389 e. The van der Waals surface area contributed by atoms with Crippen molar-refractivity contribution in [3.63, 3.8) is 0 Å². The highest BCUT2D eigenvalue weighted by Crippen LogP contribution is 2.21. The van der Waals surface area contributed by atoms with Crippen LogP contribution in [0.4, 0.5) is 5.69 Å². The van der Waals surface area contributed by atoms with Crippen LogP contribution in [-0.4, -0.2) is 17.9 Å². The summed E-state index contributed by atoms with van der Waals surface area (Å²) in [6, 6.07) is 12.5. The highest BCUT2D eigenvalue weighted by atomic mass is 35.5. The number of anilines is 1. The number of carbonyl (C=O) groups excluding carboxylic acids is 1. The van der Waals surface area contributed by atoms with Crippen molar-refractivity contribution in [1.29, 1.82) is 0 Å². The summed E-state index contributed by atoms with van der Waals surface area (Å²) < 4.78 is 0. The van der Waals surface area contributed by atoms with Crippen LogP contribution in [0.5, 0.6) is 0 Å². The van der Waals surface area contributed by atoms with Crippen molar-refractivity contribution >= 4 is 40.4 Å². The minimum absolute atomic E-state index is 0.107. The summed E-state index contributed by atoms with van der Waals surface area (Å²) in [5, 5.41) is 0.613. The van der Waals surface area contributed by atoms with Crippen LogP contribution in [0.25, 0.3) is 0 Å². The van der Waals surface area contributed by atoms with Crippen molar-refractivity contribution in [3.8, 4) is 0 Å². The van der Waals surface area contributed by atoms with Gasteiger partial charge in [0.05, 0.1) is 0 Å². The molecule has 0 heterocycles. The van der Waals surface area contributed by atoms with Crippen molar-refractivity contribution in [2.75, 3.05) is 11.9 Å². The molecule has 2 rings (SSSR count). The van der Waals surface area contributed by atoms with Crippen molar-refractivity contribution in [3.05, 3.63) is 64.2 Å². The van der Waals surface area contributed by atoms with Crippen molar-refractivity contribution in [2.24, 2.45) is 5.73 Å². The van der Waals surface area contributed by atoms with Crippen LogP contribution in [0.15, 0.2) is 42.5 Å². The highest BCUT2D eigenvalue weighted by molar-refractivity contribution is 7.80. The standard InChI is InChI=1S/C16H15ClN2OS/c1-10-8-12(17)6-7-14(10)16(20)19(2)13-5-3-4-11(9-13)15(18)21/h3-9H,1-2H3,(H2,18,21). The molecule has 0 saturated carbocycles. The molecule has 0 saturated heterocycles. The SMILES string of the molecule is Cc1cc(Cl)ccc1C(=O)N(C)c1cccc(C(N)=S)c1. The van der Waals surface area contributed by atoms with E-state index < -0.39 is 0 Å². The van der Waals surface area contributed by atoms with Crippen LogP contribution >= 0.6 is 23.8 Å². The first-order valence-electron chi connectivity index (χ1n) is 6.34. The van der Waals surface area contributed by atoms with Gasteiger partial charge in [-0.1, -0.05) is 36.0 Å². The Morgan fingerprint density at radius 2 is 1.95 bits per heavy atom. The van der Waals surface area contributed by atoms with Gasteiger partial charge in [0, 0.05) is 28.9 Å². The lowest BCUT2D eigenvalue weighted by atomic mass is 10.1. The summed E-state index contributed by atoms with van der Waals surface area (Å²) in [6.07, 6.45) is 0. The molecule has 0 fully saturated rings. The van der Waals surface area contributed by atoms with Crippen LogP contribution in [0.1, 0.15) is 21.5 Å². The molecule has 3 nitrogen and oxygen atoms in total. The second kappa shape index (κ2) is 6.24. The van der Waals surface area contributed by atoms with Gasteiger partial charge >= 0.3 is 0 Å². The maximum Gasteiger partial charge on any atom is 0.258 e. The normalized spacial score (nSPS) is 10.2. The molecule has 2 aromatic carbocycles. The van der Waals surface area contributed by atoms with Crippen LogP contribution < -0.4 is 10.6 Å². The second-order valence-corrected chi connectivity index (χ2v) is 5.61. The summed E-state index contributed by atoms with van der Waals surface area (Å²) in [4.78, 5) is 14.5. The largest absolute Gasteiger partial charge is 0.389 e. The Morgan fingerprint density at radius 3 is 2.57 bits per heavy atom. The molecule has 0 bridgehead atoms. The number of rotatable bonds is 3. The van der Waals surface area contributed by atoms with E-state index in [1.807, 2.05) is 25.1 Å². The zero-order chi connectivity index (χ0) is 15.6. The van der Waals surface area contributed by atoms with E-state index in [0.29, 0.717) is 15.6 Å². The number of halogens is 1. The predicted molar refractivity (Wildman–Crippen MR) is 91.3 cm³/mol. The number of benzene rings is 2. The van der Waals surface area contributed by atoms with Gasteiger partial charge in [0.25, 0.3) is 5.91 Å². The fourth-order valence-electron chi connectivity index (χ4n) is 2.03. The third-order valence-electron chi connectivity index (χ3n) is 3.24. The Hall–Kier alpha value is -1.91. The lowest BCUT2D eigenvalue weighted by molar-refractivity contribution is 0.0992. The predicted octanol–water partition coefficient (Wildman–Crippen LogP) is 3.56. The zero-order valence-electron chi connectivity index (χ0n) is 11.8. The van der Waals surface area contributed by atoms with E-state index in [1.165, 1.54) is 0 Å². The number of nitrogens with two attached hydrogens (primary N) is 1. The lowest BCUT2D eigenvalue weighted by Crippen LogP contribution is -2.27. The van der Waals surface area contributed by atoms with Gasteiger partial charge in [0.15, 0.2) is 0 Å². The summed E-state index contributed by atoms with van der Waals surface area (Å²) in [7, 11) is 1.72. The van der Waals surface area contributed by atoms with Crippen LogP contribution in [0.2, 0.25) is 5.02 Å². The van der Waals surface area contributed by atoms with Gasteiger partial charge < -0.3 is 10.6 Å². The average Bonchev–Trinajstić information content (AvgIpc) is 2.46. The number of hydrogen-bond donors (Lipinski definition) is 1. The Labute approximate surface area is 134 Å². The number of carbonyl (C=O) groups is 1. The zero-order valence-corrected chi connectivity index (χ0v) is 13.3. The first-order valence-corrected chi connectivity index (χ1v) is 7.13. The Bertz CT molecular complexity index is 715. The highest BCUT2D eigenvalue weighted by Gasteiger charge is 2.16. The van der Waals surface area contributed by atoms with Crippen molar-refractivity contribution in [2.45, 2.75) is 6.92 Å². The molecular weight excluding hydrogens is 304 g/mol. The van der Waals surface area contributed by atoms with Gasteiger partial charge in [-0.3, -0.25) is 4.79 Å². The molecule has 0 aliphatic heterocycles. The molecular formula is C16H15ClN2OS. The molecule has 2 aromatic rings. The fraction of sp³-hybridized carbons (Fsp3) is 0.125. The van der Waals surface area contributed by atoms with Gasteiger partial charge in [0.1, 0.15) is 4.99 Å². The number of thiocarbonyl (C=S) groups is 1. The van der Waals surface area contributed by atoms with E-state index in [2.05, 4.69) is 0 Å². The third kappa shape index (κ3) is 3.40. The van der Waals surface area contributed by atoms with E-state index in [4.69, 9.17) is 29.6 Å². The van der Waals surface area contributed by atoms with Crippen LogP contribution in [0, 0.1) is 6.92 Å². The maximum absolute atomic E-state index is 12.6. The summed E-state index contributed by atoms with van der Waals surface area (Å²) >= 11 is 10.9. The Kier molecular flexibility index (Phi) is 4.60. The molecule has 0 spiro atoms. The van der Waals surface area contributed by atoms with E-state index in [9.17, 15) is 4.79 Å². The molecule has 1 amide bonds. The average molecular weight is 319 g/mol. The molecule has 108 valence electrons. The number of hydrogen-bond acceptors (Lipinski definition) is 2. The van der Waals surface area contributed by atoms with Crippen LogP contribution in [0.3, 0.4) is 0 Å². The topological polar surface area (TPSA) is 46.3 Å². The van der Waals surface area contributed by atoms with Crippen molar-refractivity contribution < 1.29 is 4.79 Å². The third-order valence-corrected chi connectivity index (χ3v) is 3.71. The van der Waals surface area contributed by atoms with Crippen molar-refractivity contribution in [1.82, 2.24) is 0 Å². The number of aryl methyl sites for hydroxylation is 1. The van der Waals surface area contributed by atoms with Gasteiger partial charge in [0.2, 0.25) is 0 Å². The number of nitrogens with zero attached hydrogens (tertiary/aromatic N) is 1. The summed E-state index contributed by atoms with van der Waals surface area (Å²) in [5.74, 6) is -0.107. The molecule has 2 N–H and O–H groups in total. The monoisotopic (exact) mass is 318 g/mol. The lowest BCUT2D eigenvalue weighted by Gasteiger charge is -2.19. The van der Waals surface area contributed by atoms with E-state index in [-0.39, 0.29) is 5.91 Å². The second-order valence-electron chi connectivity index (χ2n) is 4.74. The first kappa shape index (κ1) is 15.5. The van der Waals surface area contributed by atoms with Gasteiger partial charge in [-0.05, 0) is 42.8 Å². The first-order chi connectivity index (χ1) is 9.90. The Balaban J connectivity index is 2.35. The summed E-state index contributed by atoms with van der Waals surface area (Å²) in [5.41, 5.74) is 8.54. The number of amides is 1. The molecule has 0 radical (unpaired) electrons. The maximum atomic E-state index is 12.6. The van der Waals surface area contributed by atoms with E-state index in [1.54, 1.807) is 36.2 Å². The molecule has 0 aliphatic carbocycles. The summed E-state index contributed by atoms with van der Waals surface area (Å²) in [6.45, 7) is 1.86. The van der Waals surface area contributed by atoms with Crippen LogP contribution in [-0.2, 0) is 0 Å². The Morgan fingerprint density at radius 1 is 1.24 bits per heavy atom. The fourth-order valence-corrected chi connectivity index (χ4v) is 2.39. The molecule has 0 unspecified atom stereocenters. The van der Waals surface area contributed by atoms with E-state index in [0.717, 1.165) is 16.8 Å². The molecule has 0 atom stereocenters. The smallest absolute Gasteiger partial charge is 0.258 e. The molecule has 0 aliphatic rings. The molecule has 21 heavy (non-hydrogen) atoms. The molecule has 5 heteroatoms. The quantitative estimate of drug-likeness (QED) is 0.880.